The number of nitrogens with zero attached hydrogens (tertiary/aromatic N) is 3. The van der Waals surface area contributed by atoms with Crippen molar-refractivity contribution in [1.29, 1.82) is 0 Å². The number of hydrogen-bond acceptors (Lipinski definition) is 4. The molecule has 0 unspecified atom stereocenters. The second kappa shape index (κ2) is 3.76. The Labute approximate surface area is 100 Å². The summed E-state index contributed by atoms with van der Waals surface area (Å²) in [5, 5.41) is 7.69. The number of rotatable bonds is 1. The molecule has 0 saturated carbocycles. The second-order valence-electron chi connectivity index (χ2n) is 3.86. The van der Waals surface area contributed by atoms with E-state index in [2.05, 4.69) is 10.3 Å². The van der Waals surface area contributed by atoms with E-state index in [1.165, 1.54) is 29.1 Å². The quantitative estimate of drug-likeness (QED) is 0.655. The van der Waals surface area contributed by atoms with Gasteiger partial charge >= 0.3 is 0 Å². The summed E-state index contributed by atoms with van der Waals surface area (Å²) in [5.41, 5.74) is 0.616. The van der Waals surface area contributed by atoms with Crippen molar-refractivity contribution in [2.24, 2.45) is 7.05 Å². The van der Waals surface area contributed by atoms with Crippen LogP contribution in [0.1, 0.15) is 0 Å². The fourth-order valence-corrected chi connectivity index (χ4v) is 1.77. The average Bonchev–Trinajstić information content (AvgIpc) is 2.76. The summed E-state index contributed by atoms with van der Waals surface area (Å²) in [7, 11) is 1.69. The third-order valence-electron chi connectivity index (χ3n) is 2.66. The summed E-state index contributed by atoms with van der Waals surface area (Å²) < 4.78 is 20.1. The molecule has 0 N–H and O–H groups in total. The maximum Gasteiger partial charge on any atom is 0.193 e. The molecule has 0 aliphatic rings. The predicted molar refractivity (Wildman–Crippen MR) is 62.4 cm³/mol. The van der Waals surface area contributed by atoms with Crippen LogP contribution < -0.4 is 5.43 Å². The van der Waals surface area contributed by atoms with Crippen LogP contribution in [0.5, 0.6) is 0 Å². The van der Waals surface area contributed by atoms with Crippen molar-refractivity contribution < 1.29 is 8.81 Å². The van der Waals surface area contributed by atoms with Crippen molar-refractivity contribution in [1.82, 2.24) is 15.0 Å². The van der Waals surface area contributed by atoms with Gasteiger partial charge in [0.15, 0.2) is 11.2 Å². The maximum atomic E-state index is 13.0. The number of benzene rings is 1. The van der Waals surface area contributed by atoms with Crippen molar-refractivity contribution in [2.45, 2.75) is 0 Å². The highest BCUT2D eigenvalue weighted by Gasteiger charge is 2.10. The van der Waals surface area contributed by atoms with Crippen LogP contribution in [0, 0.1) is 5.82 Å². The minimum atomic E-state index is -0.468. The van der Waals surface area contributed by atoms with Gasteiger partial charge in [0.2, 0.25) is 0 Å². The Morgan fingerprint density at radius 2 is 2.17 bits per heavy atom. The van der Waals surface area contributed by atoms with E-state index in [-0.39, 0.29) is 10.8 Å². The zero-order valence-corrected chi connectivity index (χ0v) is 9.42. The fourth-order valence-electron chi connectivity index (χ4n) is 1.77. The van der Waals surface area contributed by atoms with Crippen molar-refractivity contribution in [2.75, 3.05) is 0 Å². The molecule has 0 spiro atoms. The molecule has 0 radical (unpaired) electrons. The van der Waals surface area contributed by atoms with Gasteiger partial charge in [-0.1, -0.05) is 5.21 Å². The highest BCUT2D eigenvalue weighted by Crippen LogP contribution is 2.21. The van der Waals surface area contributed by atoms with Gasteiger partial charge in [-0.3, -0.25) is 4.79 Å². The lowest BCUT2D eigenvalue weighted by molar-refractivity contribution is 0.598. The van der Waals surface area contributed by atoms with E-state index in [0.29, 0.717) is 17.0 Å². The molecule has 5 nitrogen and oxygen atoms in total. The summed E-state index contributed by atoms with van der Waals surface area (Å²) in [6.45, 7) is 0. The number of aryl methyl sites for hydroxylation is 1. The van der Waals surface area contributed by atoms with E-state index in [1.54, 1.807) is 7.05 Å². The normalized spacial score (nSPS) is 11.0. The molecule has 18 heavy (non-hydrogen) atoms. The summed E-state index contributed by atoms with van der Waals surface area (Å²) in [4.78, 5) is 11.9. The van der Waals surface area contributed by atoms with E-state index in [9.17, 15) is 9.18 Å². The summed E-state index contributed by atoms with van der Waals surface area (Å²) >= 11 is 0. The third-order valence-corrected chi connectivity index (χ3v) is 2.66. The van der Waals surface area contributed by atoms with Crippen LogP contribution in [0.15, 0.2) is 39.7 Å². The maximum absolute atomic E-state index is 13.0. The largest absolute Gasteiger partial charge is 0.454 e. The van der Waals surface area contributed by atoms with Gasteiger partial charge in [-0.15, -0.1) is 5.10 Å². The second-order valence-corrected chi connectivity index (χ2v) is 3.86. The van der Waals surface area contributed by atoms with Gasteiger partial charge in [-0.25, -0.2) is 9.07 Å². The predicted octanol–water partition coefficient (Wildman–Crippen LogP) is 1.73. The van der Waals surface area contributed by atoms with E-state index in [0.717, 1.165) is 6.07 Å². The van der Waals surface area contributed by atoms with Crippen LogP contribution >= 0.6 is 0 Å². The van der Waals surface area contributed by atoms with Crippen molar-refractivity contribution in [3.8, 4) is 11.5 Å². The number of hydrogen-bond donors (Lipinski definition) is 0. The first-order valence-electron chi connectivity index (χ1n) is 5.23. The smallest absolute Gasteiger partial charge is 0.193 e. The van der Waals surface area contributed by atoms with Crippen LogP contribution in [0.2, 0.25) is 0 Å². The van der Waals surface area contributed by atoms with Crippen LogP contribution in [0.25, 0.3) is 22.4 Å². The molecule has 0 fully saturated rings. The molecule has 2 aromatic heterocycles. The molecule has 90 valence electrons. The van der Waals surface area contributed by atoms with Gasteiger partial charge < -0.3 is 4.42 Å². The lowest BCUT2D eigenvalue weighted by Gasteiger charge is -2.02. The molecule has 0 aliphatic heterocycles. The molecule has 1 aromatic carbocycles. The Morgan fingerprint density at radius 1 is 1.33 bits per heavy atom. The Balaban J connectivity index is 2.32. The Morgan fingerprint density at radius 3 is 2.89 bits per heavy atom. The monoisotopic (exact) mass is 245 g/mol. The first-order valence-corrected chi connectivity index (χ1v) is 5.23. The number of aromatic nitrogens is 3. The Hall–Kier alpha value is -2.50. The third kappa shape index (κ3) is 1.58. The van der Waals surface area contributed by atoms with Gasteiger partial charge in [0.25, 0.3) is 0 Å². The van der Waals surface area contributed by atoms with Gasteiger partial charge in [-0.2, -0.15) is 0 Å². The minimum absolute atomic E-state index is 0.217. The van der Waals surface area contributed by atoms with Crippen LogP contribution in [0.3, 0.4) is 0 Å². The van der Waals surface area contributed by atoms with Crippen molar-refractivity contribution in [3.63, 3.8) is 0 Å². The molecule has 3 aromatic rings. The van der Waals surface area contributed by atoms with E-state index < -0.39 is 5.82 Å². The van der Waals surface area contributed by atoms with E-state index in [4.69, 9.17) is 4.42 Å². The zero-order valence-electron chi connectivity index (χ0n) is 9.42. The highest BCUT2D eigenvalue weighted by atomic mass is 19.1. The summed E-state index contributed by atoms with van der Waals surface area (Å²) in [6.07, 6.45) is 1.49. The lowest BCUT2D eigenvalue weighted by Crippen LogP contribution is -2.02. The molecule has 0 amide bonds. The minimum Gasteiger partial charge on any atom is -0.454 e. The molecule has 0 saturated heterocycles. The topological polar surface area (TPSA) is 60.9 Å². The Kier molecular flexibility index (Phi) is 2.22. The number of fused-ring (bicyclic) bond motifs is 1. The lowest BCUT2D eigenvalue weighted by atomic mass is 10.2. The Bertz CT molecular complexity index is 791. The van der Waals surface area contributed by atoms with E-state index in [1.807, 2.05) is 0 Å². The van der Waals surface area contributed by atoms with E-state index >= 15 is 0 Å². The fraction of sp³-hybridized carbons (Fsp3) is 0.0833. The highest BCUT2D eigenvalue weighted by molar-refractivity contribution is 5.78. The summed E-state index contributed by atoms with van der Waals surface area (Å²) in [5.74, 6) is -0.114. The molecule has 6 heteroatoms. The molecule has 0 bridgehead atoms. The van der Waals surface area contributed by atoms with Gasteiger partial charge in [-0.05, 0) is 18.2 Å². The van der Waals surface area contributed by atoms with Crippen LogP contribution in [-0.4, -0.2) is 15.0 Å². The molecule has 2 heterocycles. The van der Waals surface area contributed by atoms with Gasteiger partial charge in [0.05, 0.1) is 11.6 Å². The molecular formula is C12H8FN3O2. The molecule has 0 atom stereocenters. The van der Waals surface area contributed by atoms with Crippen LogP contribution in [-0.2, 0) is 7.05 Å². The van der Waals surface area contributed by atoms with Crippen molar-refractivity contribution >= 4 is 11.0 Å². The molecular weight excluding hydrogens is 237 g/mol. The molecule has 3 rings (SSSR count). The SMILES string of the molecule is Cn1nncc1-c1cc(=O)c2cc(F)ccc2o1. The summed E-state index contributed by atoms with van der Waals surface area (Å²) in [6, 6.07) is 5.14. The van der Waals surface area contributed by atoms with Crippen LogP contribution in [0.4, 0.5) is 4.39 Å². The number of halogens is 1. The first-order chi connectivity index (χ1) is 8.65. The van der Waals surface area contributed by atoms with Gasteiger partial charge in [0.1, 0.15) is 17.1 Å². The van der Waals surface area contributed by atoms with Crippen molar-refractivity contribution in [3.05, 3.63) is 46.5 Å². The molecule has 0 aliphatic carbocycles. The standard InChI is InChI=1S/C12H8FN3O2/c1-16-9(6-14-15-16)12-5-10(17)8-4-7(13)2-3-11(8)18-12/h2-6H,1H3. The first kappa shape index (κ1) is 10.6. The van der Waals surface area contributed by atoms with Gasteiger partial charge in [0, 0.05) is 13.1 Å². The zero-order chi connectivity index (χ0) is 12.7. The average molecular weight is 245 g/mol.